The van der Waals surface area contributed by atoms with E-state index in [4.69, 9.17) is 0 Å². The second-order valence-electron chi connectivity index (χ2n) is 5.06. The van der Waals surface area contributed by atoms with Gasteiger partial charge in [-0.1, -0.05) is 0 Å². The van der Waals surface area contributed by atoms with E-state index in [9.17, 15) is 5.11 Å². The Kier molecular flexibility index (Phi) is 4.18. The fourth-order valence-electron chi connectivity index (χ4n) is 2.51. The highest BCUT2D eigenvalue weighted by Gasteiger charge is 2.22. The molecule has 0 aliphatic carbocycles. The van der Waals surface area contributed by atoms with Crippen LogP contribution < -0.4 is 0 Å². The van der Waals surface area contributed by atoms with E-state index in [1.807, 2.05) is 17.8 Å². The lowest BCUT2D eigenvalue weighted by Crippen LogP contribution is -2.36. The highest BCUT2D eigenvalue weighted by Crippen LogP contribution is 2.21. The summed E-state index contributed by atoms with van der Waals surface area (Å²) >= 11 is 0. The number of hydrogen-bond acceptors (Lipinski definition) is 3. The maximum atomic E-state index is 9.56. The fourth-order valence-corrected chi connectivity index (χ4v) is 2.51. The molecule has 0 amide bonds. The number of likely N-dealkylation sites (tertiary alicyclic amines) is 1. The molecule has 4 nitrogen and oxygen atoms in total. The van der Waals surface area contributed by atoms with Gasteiger partial charge in [0.1, 0.15) is 0 Å². The molecule has 96 valence electrons. The van der Waals surface area contributed by atoms with E-state index in [0.717, 1.165) is 39.0 Å². The van der Waals surface area contributed by atoms with Gasteiger partial charge in [-0.25, -0.2) is 0 Å². The number of hydrogen-bond donors (Lipinski definition) is 1. The van der Waals surface area contributed by atoms with Gasteiger partial charge in [-0.15, -0.1) is 0 Å². The second-order valence-corrected chi connectivity index (χ2v) is 5.06. The minimum atomic E-state index is -0.153. The average molecular weight is 237 g/mol. The van der Waals surface area contributed by atoms with Gasteiger partial charge in [0.05, 0.1) is 12.3 Å². The summed E-state index contributed by atoms with van der Waals surface area (Å²) in [5.41, 5.74) is 1.29. The van der Waals surface area contributed by atoms with Crippen LogP contribution in [-0.2, 0) is 13.1 Å². The predicted molar refractivity (Wildman–Crippen MR) is 67.6 cm³/mol. The van der Waals surface area contributed by atoms with Crippen LogP contribution in [0.4, 0.5) is 0 Å². The molecule has 1 aliphatic rings. The van der Waals surface area contributed by atoms with E-state index in [0.29, 0.717) is 5.92 Å². The summed E-state index contributed by atoms with van der Waals surface area (Å²) < 4.78 is 1.97. The van der Waals surface area contributed by atoms with Crippen molar-refractivity contribution in [3.05, 3.63) is 18.0 Å². The SMILES string of the molecule is CCn1cc(CN2CCC([C@H](C)O)CC2)cn1. The quantitative estimate of drug-likeness (QED) is 0.862. The van der Waals surface area contributed by atoms with Crippen LogP contribution in [0.3, 0.4) is 0 Å². The van der Waals surface area contributed by atoms with Crippen molar-refractivity contribution in [3.8, 4) is 0 Å². The molecule has 4 heteroatoms. The lowest BCUT2D eigenvalue weighted by Gasteiger charge is -2.32. The van der Waals surface area contributed by atoms with Gasteiger partial charge < -0.3 is 5.11 Å². The lowest BCUT2D eigenvalue weighted by molar-refractivity contribution is 0.0695. The molecular formula is C13H23N3O. The molecule has 1 aromatic heterocycles. The Morgan fingerprint density at radius 2 is 2.18 bits per heavy atom. The Labute approximate surface area is 103 Å². The molecule has 2 rings (SSSR count). The van der Waals surface area contributed by atoms with Crippen LogP contribution in [0.1, 0.15) is 32.3 Å². The molecule has 0 aromatic carbocycles. The van der Waals surface area contributed by atoms with Crippen LogP contribution >= 0.6 is 0 Å². The first kappa shape index (κ1) is 12.6. The van der Waals surface area contributed by atoms with Gasteiger partial charge in [0, 0.05) is 24.8 Å². The maximum absolute atomic E-state index is 9.56. The molecule has 2 heterocycles. The van der Waals surface area contributed by atoms with Crippen LogP contribution in [0, 0.1) is 5.92 Å². The zero-order valence-corrected chi connectivity index (χ0v) is 10.8. The van der Waals surface area contributed by atoms with E-state index in [1.54, 1.807) is 0 Å². The van der Waals surface area contributed by atoms with Gasteiger partial charge in [-0.05, 0) is 45.7 Å². The molecule has 1 N–H and O–H groups in total. The Morgan fingerprint density at radius 1 is 1.47 bits per heavy atom. The third-order valence-electron chi connectivity index (χ3n) is 3.73. The number of aliphatic hydroxyl groups is 1. The van der Waals surface area contributed by atoms with Crippen molar-refractivity contribution in [2.45, 2.75) is 45.9 Å². The van der Waals surface area contributed by atoms with E-state index in [2.05, 4.69) is 23.1 Å². The van der Waals surface area contributed by atoms with Crippen molar-refractivity contribution >= 4 is 0 Å². The Morgan fingerprint density at radius 3 is 2.71 bits per heavy atom. The number of aromatic nitrogens is 2. The van der Waals surface area contributed by atoms with Crippen molar-refractivity contribution in [3.63, 3.8) is 0 Å². The largest absolute Gasteiger partial charge is 0.393 e. The first-order valence-corrected chi connectivity index (χ1v) is 6.60. The Hall–Kier alpha value is -0.870. The molecule has 17 heavy (non-hydrogen) atoms. The summed E-state index contributed by atoms with van der Waals surface area (Å²) in [5, 5.41) is 13.8. The average Bonchev–Trinajstić information content (AvgIpc) is 2.77. The Balaban J connectivity index is 1.81. The fraction of sp³-hybridized carbons (Fsp3) is 0.769. The van der Waals surface area contributed by atoms with Gasteiger partial charge in [0.2, 0.25) is 0 Å². The van der Waals surface area contributed by atoms with Crippen LogP contribution in [0.15, 0.2) is 12.4 Å². The molecule has 1 saturated heterocycles. The predicted octanol–water partition coefficient (Wildman–Crippen LogP) is 1.50. The molecule has 0 spiro atoms. The van der Waals surface area contributed by atoms with Gasteiger partial charge in [0.15, 0.2) is 0 Å². The van der Waals surface area contributed by atoms with Gasteiger partial charge in [0.25, 0.3) is 0 Å². The molecule has 1 aromatic rings. The topological polar surface area (TPSA) is 41.3 Å². The summed E-state index contributed by atoms with van der Waals surface area (Å²) in [7, 11) is 0. The second kappa shape index (κ2) is 5.65. The third kappa shape index (κ3) is 3.30. The molecular weight excluding hydrogens is 214 g/mol. The highest BCUT2D eigenvalue weighted by atomic mass is 16.3. The minimum Gasteiger partial charge on any atom is -0.393 e. The first-order chi connectivity index (χ1) is 8.19. The van der Waals surface area contributed by atoms with Crippen LogP contribution in [-0.4, -0.2) is 39.0 Å². The number of aryl methyl sites for hydroxylation is 1. The minimum absolute atomic E-state index is 0.153. The molecule has 0 bridgehead atoms. The summed E-state index contributed by atoms with van der Waals surface area (Å²) in [5.74, 6) is 0.490. The zero-order chi connectivity index (χ0) is 12.3. The zero-order valence-electron chi connectivity index (χ0n) is 10.8. The summed E-state index contributed by atoms with van der Waals surface area (Å²) in [6.07, 6.45) is 6.16. The lowest BCUT2D eigenvalue weighted by atomic mass is 9.92. The van der Waals surface area contributed by atoms with Crippen molar-refractivity contribution in [2.24, 2.45) is 5.92 Å². The van der Waals surface area contributed by atoms with E-state index in [1.165, 1.54) is 5.56 Å². The number of rotatable bonds is 4. The standard InChI is InChI=1S/C13H23N3O/c1-3-16-10-12(8-14-16)9-15-6-4-13(5-7-15)11(2)17/h8,10-11,13,17H,3-7,9H2,1-2H3/t11-/m0/s1. The van der Waals surface area contributed by atoms with E-state index in [-0.39, 0.29) is 6.10 Å². The number of aliphatic hydroxyl groups excluding tert-OH is 1. The molecule has 0 saturated carbocycles. The first-order valence-electron chi connectivity index (χ1n) is 6.60. The molecule has 0 radical (unpaired) electrons. The molecule has 1 atom stereocenters. The molecule has 1 fully saturated rings. The van der Waals surface area contributed by atoms with Crippen molar-refractivity contribution in [1.29, 1.82) is 0 Å². The monoisotopic (exact) mass is 237 g/mol. The number of nitrogens with zero attached hydrogens (tertiary/aromatic N) is 3. The summed E-state index contributed by atoms with van der Waals surface area (Å²) in [4.78, 5) is 2.45. The highest BCUT2D eigenvalue weighted by molar-refractivity contribution is 5.03. The van der Waals surface area contributed by atoms with Gasteiger partial charge in [-0.3, -0.25) is 9.58 Å². The van der Waals surface area contributed by atoms with Gasteiger partial charge in [-0.2, -0.15) is 5.10 Å². The van der Waals surface area contributed by atoms with Crippen LogP contribution in [0.2, 0.25) is 0 Å². The normalized spacial score (nSPS) is 20.6. The van der Waals surface area contributed by atoms with Crippen molar-refractivity contribution in [1.82, 2.24) is 14.7 Å². The van der Waals surface area contributed by atoms with Crippen molar-refractivity contribution in [2.75, 3.05) is 13.1 Å². The maximum Gasteiger partial charge on any atom is 0.0541 e. The molecule has 0 unspecified atom stereocenters. The third-order valence-corrected chi connectivity index (χ3v) is 3.73. The van der Waals surface area contributed by atoms with E-state index >= 15 is 0 Å². The van der Waals surface area contributed by atoms with Crippen LogP contribution in [0.5, 0.6) is 0 Å². The summed E-state index contributed by atoms with van der Waals surface area (Å²) in [6.45, 7) is 8.12. The number of piperidine rings is 1. The van der Waals surface area contributed by atoms with Crippen molar-refractivity contribution < 1.29 is 5.11 Å². The van der Waals surface area contributed by atoms with E-state index < -0.39 is 0 Å². The van der Waals surface area contributed by atoms with Crippen LogP contribution in [0.25, 0.3) is 0 Å². The van der Waals surface area contributed by atoms with Gasteiger partial charge >= 0.3 is 0 Å². The smallest absolute Gasteiger partial charge is 0.0541 e. The molecule has 1 aliphatic heterocycles. The Bertz CT molecular complexity index is 340. The summed E-state index contributed by atoms with van der Waals surface area (Å²) in [6, 6.07) is 0.